The maximum Gasteiger partial charge on any atom is 0.260 e. The van der Waals surface area contributed by atoms with Gasteiger partial charge in [0.2, 0.25) is 0 Å². The first kappa shape index (κ1) is 22.4. The summed E-state index contributed by atoms with van der Waals surface area (Å²) in [6.07, 6.45) is 0. The predicted molar refractivity (Wildman–Crippen MR) is 126 cm³/mol. The van der Waals surface area contributed by atoms with Gasteiger partial charge in [0.05, 0.1) is 35.8 Å². The fourth-order valence-corrected chi connectivity index (χ4v) is 4.81. The summed E-state index contributed by atoms with van der Waals surface area (Å²) >= 11 is 6.80. The molecule has 5 rings (SSSR count). The van der Waals surface area contributed by atoms with E-state index in [1.165, 1.54) is 18.2 Å². The Morgan fingerprint density at radius 1 is 1.35 bits per heavy atom. The van der Waals surface area contributed by atoms with E-state index in [0.717, 1.165) is 0 Å². The highest BCUT2D eigenvalue weighted by Gasteiger charge is 2.39. The highest BCUT2D eigenvalue weighted by Crippen LogP contribution is 2.45. The number of aromatic nitrogens is 1. The number of nitrogens with zero attached hydrogens (tertiary/aromatic N) is 4. The van der Waals surface area contributed by atoms with Gasteiger partial charge in [-0.05, 0) is 19.1 Å². The number of halogens is 2. The quantitative estimate of drug-likeness (QED) is 0.676. The average molecular weight is 484 g/mol. The van der Waals surface area contributed by atoms with Gasteiger partial charge in [-0.2, -0.15) is 5.10 Å². The summed E-state index contributed by atoms with van der Waals surface area (Å²) in [6, 6.07) is 7.22. The molecule has 0 bridgehead atoms. The molecule has 1 unspecified atom stereocenters. The van der Waals surface area contributed by atoms with Crippen molar-refractivity contribution >= 4 is 23.2 Å². The van der Waals surface area contributed by atoms with E-state index in [-0.39, 0.29) is 51.9 Å². The van der Waals surface area contributed by atoms with Crippen LogP contribution in [0, 0.1) is 17.8 Å². The zero-order valence-electron chi connectivity index (χ0n) is 19.0. The summed E-state index contributed by atoms with van der Waals surface area (Å²) in [5.74, 6) is 2.18. The minimum atomic E-state index is -0.592. The molecule has 2 aromatic rings. The van der Waals surface area contributed by atoms with Crippen molar-refractivity contribution in [2.75, 3.05) is 40.4 Å². The Balaban J connectivity index is 1.79. The second kappa shape index (κ2) is 8.78. The normalized spacial score (nSPS) is 21.4. The van der Waals surface area contributed by atoms with Crippen molar-refractivity contribution in [2.24, 2.45) is 5.10 Å². The first-order valence-electron chi connectivity index (χ1n) is 10.9. The standard InChI is InChI=1S/C24H23ClFN5O3/c1-13-15(7-9-30(2)29-13)21-19-23(34-12-14-11-27-8-10-31(14)24(19)32)20(25)22(28-21)18-16(26)5-4-6-17(18)33-3/h4-6,14-15,27H,8,10-12H2,1-3H3/t14-,15?/m1/s1. The maximum atomic E-state index is 15.1. The highest BCUT2D eigenvalue weighted by molar-refractivity contribution is 6.35. The van der Waals surface area contributed by atoms with Crippen LogP contribution in [0.15, 0.2) is 23.3 Å². The maximum absolute atomic E-state index is 15.1. The number of hydrogen-bond acceptors (Lipinski definition) is 7. The second-order valence-corrected chi connectivity index (χ2v) is 8.68. The summed E-state index contributed by atoms with van der Waals surface area (Å²) in [5.41, 5.74) is 1.45. The summed E-state index contributed by atoms with van der Waals surface area (Å²) in [4.78, 5) is 20.4. The van der Waals surface area contributed by atoms with Crippen molar-refractivity contribution in [1.29, 1.82) is 0 Å². The molecule has 34 heavy (non-hydrogen) atoms. The molecule has 0 aliphatic carbocycles. The van der Waals surface area contributed by atoms with Crippen molar-refractivity contribution in [1.82, 2.24) is 20.2 Å². The lowest BCUT2D eigenvalue weighted by Crippen LogP contribution is -2.55. The number of ether oxygens (including phenoxy) is 2. The van der Waals surface area contributed by atoms with Gasteiger partial charge >= 0.3 is 0 Å². The molecule has 1 N–H and O–H groups in total. The molecule has 10 heteroatoms. The number of methoxy groups -OCH3 is 1. The molecule has 8 nitrogen and oxygen atoms in total. The zero-order chi connectivity index (χ0) is 24.0. The second-order valence-electron chi connectivity index (χ2n) is 8.30. The number of rotatable bonds is 3. The third-order valence-electron chi connectivity index (χ3n) is 6.17. The van der Waals surface area contributed by atoms with E-state index < -0.39 is 11.7 Å². The van der Waals surface area contributed by atoms with Crippen molar-refractivity contribution in [3.63, 3.8) is 0 Å². The third-order valence-corrected chi connectivity index (χ3v) is 6.52. The number of carbonyl (C=O) groups excluding carboxylic acids is 1. The largest absolute Gasteiger partial charge is 0.496 e. The average Bonchev–Trinajstić information content (AvgIpc) is 2.97. The zero-order valence-corrected chi connectivity index (χ0v) is 19.7. The lowest BCUT2D eigenvalue weighted by Gasteiger charge is -2.34. The van der Waals surface area contributed by atoms with E-state index in [0.29, 0.717) is 31.0 Å². The SMILES string of the molecule is COc1cccc(F)c1-c1nc(C2C#CN(C)N=C2C)c2c(c1Cl)OC[C@H]1CNCCN1C2=O. The minimum Gasteiger partial charge on any atom is -0.496 e. The minimum absolute atomic E-state index is 0.0544. The molecule has 4 heterocycles. The van der Waals surface area contributed by atoms with Crippen molar-refractivity contribution in [3.8, 4) is 34.7 Å². The number of piperazine rings is 1. The van der Waals surface area contributed by atoms with Crippen molar-refractivity contribution in [3.05, 3.63) is 40.3 Å². The lowest BCUT2D eigenvalue weighted by molar-refractivity contribution is 0.0605. The number of hydrogen-bond donors (Lipinski definition) is 1. The Hall–Kier alpha value is -3.35. The molecule has 0 spiro atoms. The first-order valence-corrected chi connectivity index (χ1v) is 11.3. The molecular formula is C24H23ClFN5O3. The number of pyridine rings is 1. The summed E-state index contributed by atoms with van der Waals surface area (Å²) in [6.45, 7) is 3.86. The lowest BCUT2D eigenvalue weighted by atomic mass is 9.93. The monoisotopic (exact) mass is 483 g/mol. The number of benzene rings is 1. The van der Waals surface area contributed by atoms with E-state index in [4.69, 9.17) is 26.1 Å². The number of hydrazone groups is 1. The summed E-state index contributed by atoms with van der Waals surface area (Å²) < 4.78 is 26.6. The summed E-state index contributed by atoms with van der Waals surface area (Å²) in [7, 11) is 3.18. The molecular weight excluding hydrogens is 461 g/mol. The van der Waals surface area contributed by atoms with Crippen LogP contribution in [0.3, 0.4) is 0 Å². The van der Waals surface area contributed by atoms with Crippen molar-refractivity contribution < 1.29 is 18.7 Å². The number of nitrogens with one attached hydrogen (secondary N) is 1. The molecule has 1 aromatic heterocycles. The van der Waals surface area contributed by atoms with Crippen LogP contribution in [0.5, 0.6) is 11.5 Å². The molecule has 1 saturated heterocycles. The van der Waals surface area contributed by atoms with Gasteiger partial charge in [0.25, 0.3) is 5.91 Å². The fourth-order valence-electron chi connectivity index (χ4n) is 4.53. The smallest absolute Gasteiger partial charge is 0.260 e. The Morgan fingerprint density at radius 3 is 2.94 bits per heavy atom. The molecule has 0 radical (unpaired) electrons. The predicted octanol–water partition coefficient (Wildman–Crippen LogP) is 2.72. The van der Waals surface area contributed by atoms with Crippen LogP contribution < -0.4 is 14.8 Å². The van der Waals surface area contributed by atoms with Crippen LogP contribution in [0.25, 0.3) is 11.3 Å². The van der Waals surface area contributed by atoms with Gasteiger partial charge in [-0.3, -0.25) is 4.79 Å². The molecule has 2 atom stereocenters. The Morgan fingerprint density at radius 2 is 2.18 bits per heavy atom. The third kappa shape index (κ3) is 3.63. The fraction of sp³-hybridized carbons (Fsp3) is 0.375. The molecule has 1 aromatic carbocycles. The van der Waals surface area contributed by atoms with Crippen LogP contribution in [0.4, 0.5) is 4.39 Å². The Kier molecular flexibility index (Phi) is 5.80. The van der Waals surface area contributed by atoms with Crippen LogP contribution >= 0.6 is 11.6 Å². The summed E-state index contributed by atoms with van der Waals surface area (Å²) in [5, 5.41) is 9.27. The van der Waals surface area contributed by atoms with Gasteiger partial charge in [0.1, 0.15) is 34.7 Å². The van der Waals surface area contributed by atoms with E-state index in [1.807, 2.05) is 6.92 Å². The molecule has 3 aliphatic rings. The molecule has 1 fully saturated rings. The Labute approximate surface area is 201 Å². The molecule has 176 valence electrons. The van der Waals surface area contributed by atoms with Crippen LogP contribution in [-0.4, -0.2) is 73.0 Å². The van der Waals surface area contributed by atoms with Crippen LogP contribution in [0.2, 0.25) is 5.02 Å². The van der Waals surface area contributed by atoms with Gasteiger partial charge in [0.15, 0.2) is 5.75 Å². The van der Waals surface area contributed by atoms with Crippen LogP contribution in [0.1, 0.15) is 28.9 Å². The number of fused-ring (bicyclic) bond motifs is 2. The first-order chi connectivity index (χ1) is 16.4. The van der Waals surface area contributed by atoms with Gasteiger partial charge in [-0.1, -0.05) is 23.6 Å². The van der Waals surface area contributed by atoms with E-state index in [2.05, 4.69) is 22.4 Å². The molecule has 3 aliphatic heterocycles. The molecule has 1 amide bonds. The van der Waals surface area contributed by atoms with E-state index in [9.17, 15) is 4.79 Å². The Bertz CT molecular complexity index is 1270. The number of amides is 1. The van der Waals surface area contributed by atoms with Gasteiger partial charge in [-0.15, -0.1) is 0 Å². The van der Waals surface area contributed by atoms with Crippen molar-refractivity contribution in [2.45, 2.75) is 18.9 Å². The van der Waals surface area contributed by atoms with Gasteiger partial charge < -0.3 is 19.7 Å². The number of carbonyl (C=O) groups is 1. The highest BCUT2D eigenvalue weighted by atomic mass is 35.5. The molecule has 0 saturated carbocycles. The van der Waals surface area contributed by atoms with Gasteiger partial charge in [-0.25, -0.2) is 14.4 Å². The van der Waals surface area contributed by atoms with E-state index in [1.54, 1.807) is 24.1 Å². The van der Waals surface area contributed by atoms with Crippen LogP contribution in [-0.2, 0) is 0 Å². The topological polar surface area (TPSA) is 79.3 Å². The van der Waals surface area contributed by atoms with E-state index >= 15 is 4.39 Å². The van der Waals surface area contributed by atoms with Gasteiger partial charge in [0, 0.05) is 32.7 Å².